The second kappa shape index (κ2) is 7.38. The van der Waals surface area contributed by atoms with Crippen molar-refractivity contribution in [2.75, 3.05) is 19.6 Å². The van der Waals surface area contributed by atoms with Crippen LogP contribution in [0.25, 0.3) is 0 Å². The summed E-state index contributed by atoms with van der Waals surface area (Å²) in [6, 6.07) is 1.67. The predicted molar refractivity (Wildman–Crippen MR) is 74.4 cm³/mol. The van der Waals surface area contributed by atoms with Gasteiger partial charge in [-0.05, 0) is 45.2 Å². The van der Waals surface area contributed by atoms with E-state index in [0.29, 0.717) is 0 Å². The maximum Gasteiger partial charge on any atom is 0.0195 e. The van der Waals surface area contributed by atoms with Crippen LogP contribution in [0.1, 0.15) is 64.7 Å². The molecule has 2 rings (SSSR count). The van der Waals surface area contributed by atoms with Gasteiger partial charge >= 0.3 is 0 Å². The van der Waals surface area contributed by atoms with Gasteiger partial charge in [0.15, 0.2) is 0 Å². The first-order chi connectivity index (χ1) is 8.40. The summed E-state index contributed by atoms with van der Waals surface area (Å²) in [4.78, 5) is 2.80. The molecular formula is C15H30N2. The van der Waals surface area contributed by atoms with Crippen LogP contribution in [-0.2, 0) is 0 Å². The molecule has 1 N–H and O–H groups in total. The maximum absolute atomic E-state index is 3.66. The Balaban J connectivity index is 1.84. The molecule has 0 amide bonds. The van der Waals surface area contributed by atoms with Crippen molar-refractivity contribution >= 4 is 0 Å². The number of nitrogens with one attached hydrogen (secondary N) is 1. The van der Waals surface area contributed by atoms with Gasteiger partial charge in [-0.1, -0.05) is 32.6 Å². The first-order valence-corrected chi connectivity index (χ1v) is 7.87. The van der Waals surface area contributed by atoms with Gasteiger partial charge in [0.1, 0.15) is 0 Å². The molecule has 1 saturated heterocycles. The van der Waals surface area contributed by atoms with Gasteiger partial charge in [0.25, 0.3) is 0 Å². The van der Waals surface area contributed by atoms with E-state index < -0.39 is 0 Å². The number of rotatable bonds is 5. The van der Waals surface area contributed by atoms with Gasteiger partial charge in [-0.15, -0.1) is 0 Å². The van der Waals surface area contributed by atoms with Gasteiger partial charge in [0.2, 0.25) is 0 Å². The Morgan fingerprint density at radius 3 is 2.35 bits per heavy atom. The molecule has 0 spiro atoms. The van der Waals surface area contributed by atoms with E-state index in [1.54, 1.807) is 0 Å². The van der Waals surface area contributed by atoms with E-state index in [-0.39, 0.29) is 0 Å². The molecule has 100 valence electrons. The van der Waals surface area contributed by atoms with Gasteiger partial charge in [-0.25, -0.2) is 0 Å². The van der Waals surface area contributed by atoms with Crippen molar-refractivity contribution < 1.29 is 0 Å². The van der Waals surface area contributed by atoms with Crippen LogP contribution in [0.5, 0.6) is 0 Å². The SMILES string of the molecule is CCCN(CC1CCCN1)C1CCCCCC1. The standard InChI is InChI=1S/C15H30N2/c1-2-12-17(13-14-8-7-11-16-14)15-9-5-3-4-6-10-15/h14-16H,2-13H2,1H3. The summed E-state index contributed by atoms with van der Waals surface area (Å²) in [5.74, 6) is 0. The van der Waals surface area contributed by atoms with Crippen LogP contribution in [0.3, 0.4) is 0 Å². The van der Waals surface area contributed by atoms with Gasteiger partial charge in [0.05, 0.1) is 0 Å². The van der Waals surface area contributed by atoms with Crippen LogP contribution in [0.2, 0.25) is 0 Å². The molecule has 0 radical (unpaired) electrons. The zero-order valence-electron chi connectivity index (χ0n) is 11.6. The fourth-order valence-corrected chi connectivity index (χ4v) is 3.53. The van der Waals surface area contributed by atoms with Crippen molar-refractivity contribution in [1.82, 2.24) is 10.2 Å². The van der Waals surface area contributed by atoms with Crippen molar-refractivity contribution in [2.45, 2.75) is 76.8 Å². The number of hydrogen-bond acceptors (Lipinski definition) is 2. The highest BCUT2D eigenvalue weighted by Gasteiger charge is 2.23. The quantitative estimate of drug-likeness (QED) is 0.740. The molecule has 1 aliphatic carbocycles. The minimum absolute atomic E-state index is 0.782. The Morgan fingerprint density at radius 1 is 1.00 bits per heavy atom. The molecule has 0 aromatic carbocycles. The molecule has 2 nitrogen and oxygen atoms in total. The third-order valence-electron chi connectivity index (χ3n) is 4.47. The van der Waals surface area contributed by atoms with Crippen molar-refractivity contribution in [3.8, 4) is 0 Å². The number of hydrogen-bond donors (Lipinski definition) is 1. The third-order valence-corrected chi connectivity index (χ3v) is 4.47. The molecule has 17 heavy (non-hydrogen) atoms. The van der Waals surface area contributed by atoms with Crippen LogP contribution >= 0.6 is 0 Å². The molecule has 2 aliphatic rings. The van der Waals surface area contributed by atoms with E-state index >= 15 is 0 Å². The van der Waals surface area contributed by atoms with E-state index in [4.69, 9.17) is 0 Å². The van der Waals surface area contributed by atoms with Gasteiger partial charge in [-0.3, -0.25) is 4.90 Å². The molecule has 2 fully saturated rings. The van der Waals surface area contributed by atoms with E-state index in [9.17, 15) is 0 Å². The largest absolute Gasteiger partial charge is 0.313 e. The molecule has 1 saturated carbocycles. The molecule has 0 bridgehead atoms. The summed E-state index contributed by atoms with van der Waals surface area (Å²) in [5, 5.41) is 3.66. The summed E-state index contributed by atoms with van der Waals surface area (Å²) >= 11 is 0. The smallest absolute Gasteiger partial charge is 0.0195 e. The Bertz CT molecular complexity index is 191. The molecule has 1 heterocycles. The third kappa shape index (κ3) is 4.26. The zero-order chi connectivity index (χ0) is 11.9. The van der Waals surface area contributed by atoms with Crippen molar-refractivity contribution in [1.29, 1.82) is 0 Å². The molecule has 1 aliphatic heterocycles. The molecular weight excluding hydrogens is 208 g/mol. The summed E-state index contributed by atoms with van der Waals surface area (Å²) in [6.45, 7) is 6.18. The van der Waals surface area contributed by atoms with Gasteiger partial charge < -0.3 is 5.32 Å². The van der Waals surface area contributed by atoms with Crippen LogP contribution in [-0.4, -0.2) is 36.6 Å². The first kappa shape index (κ1) is 13.4. The summed E-state index contributed by atoms with van der Waals surface area (Å²) < 4.78 is 0. The Labute approximate surface area is 107 Å². The first-order valence-electron chi connectivity index (χ1n) is 7.87. The van der Waals surface area contributed by atoms with Crippen molar-refractivity contribution in [2.24, 2.45) is 0 Å². The fourth-order valence-electron chi connectivity index (χ4n) is 3.53. The molecule has 1 unspecified atom stereocenters. The maximum atomic E-state index is 3.66. The zero-order valence-corrected chi connectivity index (χ0v) is 11.6. The van der Waals surface area contributed by atoms with E-state index in [1.807, 2.05) is 0 Å². The summed E-state index contributed by atoms with van der Waals surface area (Å²) in [5.41, 5.74) is 0. The highest BCUT2D eigenvalue weighted by atomic mass is 15.2. The highest BCUT2D eigenvalue weighted by Crippen LogP contribution is 2.23. The van der Waals surface area contributed by atoms with E-state index in [0.717, 1.165) is 12.1 Å². The second-order valence-electron chi connectivity index (χ2n) is 5.93. The fraction of sp³-hybridized carbons (Fsp3) is 1.00. The van der Waals surface area contributed by atoms with Gasteiger partial charge in [0, 0.05) is 18.6 Å². The minimum Gasteiger partial charge on any atom is -0.313 e. The van der Waals surface area contributed by atoms with E-state index in [2.05, 4.69) is 17.1 Å². The topological polar surface area (TPSA) is 15.3 Å². The monoisotopic (exact) mass is 238 g/mol. The summed E-state index contributed by atoms with van der Waals surface area (Å²) in [7, 11) is 0. The predicted octanol–water partition coefficient (Wildman–Crippen LogP) is 3.17. The average Bonchev–Trinajstić information content (AvgIpc) is 2.69. The van der Waals surface area contributed by atoms with Crippen LogP contribution < -0.4 is 5.32 Å². The van der Waals surface area contributed by atoms with Crippen molar-refractivity contribution in [3.05, 3.63) is 0 Å². The van der Waals surface area contributed by atoms with Crippen molar-refractivity contribution in [3.63, 3.8) is 0 Å². The van der Waals surface area contributed by atoms with Crippen LogP contribution in [0.15, 0.2) is 0 Å². The molecule has 0 aromatic rings. The van der Waals surface area contributed by atoms with Crippen LogP contribution in [0, 0.1) is 0 Å². The van der Waals surface area contributed by atoms with Crippen LogP contribution in [0.4, 0.5) is 0 Å². The Hall–Kier alpha value is -0.0800. The normalized spacial score (nSPS) is 27.5. The molecule has 0 aromatic heterocycles. The summed E-state index contributed by atoms with van der Waals surface area (Å²) in [6.07, 6.45) is 12.9. The minimum atomic E-state index is 0.782. The molecule has 2 heteroatoms. The lowest BCUT2D eigenvalue weighted by atomic mass is 10.1. The highest BCUT2D eigenvalue weighted by molar-refractivity contribution is 4.82. The molecule has 1 atom stereocenters. The Morgan fingerprint density at radius 2 is 1.76 bits per heavy atom. The lowest BCUT2D eigenvalue weighted by Gasteiger charge is -2.33. The van der Waals surface area contributed by atoms with Gasteiger partial charge in [-0.2, -0.15) is 0 Å². The Kier molecular flexibility index (Phi) is 5.79. The average molecular weight is 238 g/mol. The lowest BCUT2D eigenvalue weighted by molar-refractivity contribution is 0.164. The number of nitrogens with zero attached hydrogens (tertiary/aromatic N) is 1. The lowest BCUT2D eigenvalue weighted by Crippen LogP contribution is -2.43. The van der Waals surface area contributed by atoms with E-state index in [1.165, 1.54) is 77.4 Å². The second-order valence-corrected chi connectivity index (χ2v) is 5.93.